The molecule has 56 heavy (non-hydrogen) atoms. The molecule has 2 aliphatic carbocycles. The van der Waals surface area contributed by atoms with Crippen LogP contribution in [0.2, 0.25) is 0 Å². The number of ether oxygens (including phenoxy) is 1. The average Bonchev–Trinajstić information content (AvgIpc) is 4.06. The van der Waals surface area contributed by atoms with Gasteiger partial charge in [-0.05, 0) is 95.9 Å². The van der Waals surface area contributed by atoms with Gasteiger partial charge in [0.2, 0.25) is 21.8 Å². The number of amides is 5. The number of hydrogen-bond acceptors (Lipinski definition) is 9. The molecule has 5 amide bonds. The molecule has 3 fully saturated rings. The van der Waals surface area contributed by atoms with Crippen LogP contribution in [0.4, 0.5) is 9.18 Å². The van der Waals surface area contributed by atoms with Crippen molar-refractivity contribution in [3.05, 3.63) is 66.1 Å². The Labute approximate surface area is 327 Å². The van der Waals surface area contributed by atoms with E-state index in [1.165, 1.54) is 21.9 Å². The lowest BCUT2D eigenvalue weighted by atomic mass is 10.0. The maximum absolute atomic E-state index is 14.5. The summed E-state index contributed by atoms with van der Waals surface area (Å²) in [5.74, 6) is -3.68. The van der Waals surface area contributed by atoms with Crippen LogP contribution in [0.5, 0.6) is 0 Å². The van der Waals surface area contributed by atoms with Gasteiger partial charge in [-0.2, -0.15) is 0 Å². The fraction of sp³-hybridized carbons (Fsp3) is 0.550. The molecule has 1 aromatic heterocycles. The number of fused-ring (bicyclic) bond motifs is 2. The minimum Gasteiger partial charge on any atom is -0.444 e. The normalized spacial score (nSPS) is 26.3. The number of halogens is 1. The van der Waals surface area contributed by atoms with E-state index in [1.807, 2.05) is 12.2 Å². The molecule has 0 bridgehead atoms. The maximum Gasteiger partial charge on any atom is 0.408 e. The molecule has 2 aromatic rings. The Hall–Kier alpha value is -4.86. The fourth-order valence-electron chi connectivity index (χ4n) is 7.50. The highest BCUT2D eigenvalue weighted by molar-refractivity contribution is 7.91. The van der Waals surface area contributed by atoms with E-state index in [9.17, 15) is 36.8 Å². The van der Waals surface area contributed by atoms with Crippen molar-refractivity contribution in [1.29, 1.82) is 0 Å². The molecule has 0 spiro atoms. The second-order valence-corrected chi connectivity index (χ2v) is 18.4. The molecule has 0 radical (unpaired) electrons. The monoisotopic (exact) mass is 794 g/mol. The van der Waals surface area contributed by atoms with E-state index in [0.29, 0.717) is 36.9 Å². The van der Waals surface area contributed by atoms with Crippen LogP contribution in [0.1, 0.15) is 89.0 Å². The van der Waals surface area contributed by atoms with Crippen molar-refractivity contribution in [2.75, 3.05) is 20.1 Å². The van der Waals surface area contributed by atoms with Crippen LogP contribution in [0, 0.1) is 17.7 Å². The number of carbonyl (C=O) groups is 5. The fourth-order valence-corrected chi connectivity index (χ4v) is 8.86. The standard InChI is InChI=1S/C40H51FN6O8S/c1-39(2,3)55-38(52)43-32-15-9-7-5-6-8-13-27-22-40(27,37(51)45-56(53,54)29-18-19-29)44-34(48)33-20-25(24-47(33)36(32)50)23-46(4)35(49)31-17-11-16-30(42-31)26-12-10-14-28(41)21-26/h8,10-14,16-17,21,25,27,29,32-33H,5-7,9,15,18-20,22-24H2,1-4H3,(H,43,52)(H,44,48)(H,45,51)/b13-8-/t25-,27+,32+,33-,40+/m0/s1. The number of nitrogens with zero attached hydrogens (tertiary/aromatic N) is 3. The predicted octanol–water partition coefficient (Wildman–Crippen LogP) is 4.07. The Morgan fingerprint density at radius 3 is 2.54 bits per heavy atom. The van der Waals surface area contributed by atoms with Crippen molar-refractivity contribution < 1.29 is 41.5 Å². The SMILES string of the molecule is CN(C[C@@H]1C[C@H]2C(=O)N[C@]3(C(=O)NS(=O)(=O)C4CC4)C[C@H]3/C=C\CCCCC[C@@H](NC(=O)OC(C)(C)C)C(=O)N2C1)C(=O)c1cccc(-c2cccc(F)c2)n1. The summed E-state index contributed by atoms with van der Waals surface area (Å²) in [5.41, 5.74) is -1.31. The van der Waals surface area contributed by atoms with Crippen LogP contribution in [-0.4, -0.2) is 102 Å². The molecule has 2 aliphatic heterocycles. The number of nitrogens with one attached hydrogen (secondary N) is 3. The maximum atomic E-state index is 14.5. The summed E-state index contributed by atoms with van der Waals surface area (Å²) in [6.45, 7) is 5.31. The Bertz CT molecular complexity index is 2000. The number of rotatable bonds is 8. The molecule has 3 N–H and O–H groups in total. The summed E-state index contributed by atoms with van der Waals surface area (Å²) in [4.78, 5) is 76.5. The van der Waals surface area contributed by atoms with Crippen molar-refractivity contribution in [3.8, 4) is 11.3 Å². The number of allylic oxidation sites excluding steroid dienone is 1. The lowest BCUT2D eigenvalue weighted by molar-refractivity contribution is -0.141. The first-order chi connectivity index (χ1) is 26.5. The smallest absolute Gasteiger partial charge is 0.408 e. The minimum atomic E-state index is -3.91. The molecule has 14 nitrogen and oxygen atoms in total. The van der Waals surface area contributed by atoms with Gasteiger partial charge >= 0.3 is 6.09 Å². The van der Waals surface area contributed by atoms with Crippen LogP contribution in [0.15, 0.2) is 54.6 Å². The van der Waals surface area contributed by atoms with E-state index in [1.54, 1.807) is 58.2 Å². The number of hydrogen-bond donors (Lipinski definition) is 3. The Kier molecular flexibility index (Phi) is 11.9. The van der Waals surface area contributed by atoms with Gasteiger partial charge in [-0.25, -0.2) is 22.6 Å². The van der Waals surface area contributed by atoms with Gasteiger partial charge in [-0.15, -0.1) is 0 Å². The zero-order valence-corrected chi connectivity index (χ0v) is 33.1. The number of alkyl carbamates (subject to hydrolysis) is 1. The summed E-state index contributed by atoms with van der Waals surface area (Å²) in [5, 5.41) is 4.93. The third-order valence-corrected chi connectivity index (χ3v) is 12.4. The van der Waals surface area contributed by atoms with E-state index in [0.717, 1.165) is 12.8 Å². The molecular weight excluding hydrogens is 744 g/mol. The predicted molar refractivity (Wildman–Crippen MR) is 205 cm³/mol. The molecular formula is C40H51FN6O8S. The lowest BCUT2D eigenvalue weighted by Crippen LogP contribution is -2.58. The molecule has 2 saturated carbocycles. The topological polar surface area (TPSA) is 184 Å². The van der Waals surface area contributed by atoms with Crippen molar-refractivity contribution in [2.45, 2.75) is 107 Å². The zero-order valence-electron chi connectivity index (χ0n) is 32.3. The van der Waals surface area contributed by atoms with Crippen LogP contribution >= 0.6 is 0 Å². The molecule has 1 aromatic carbocycles. The van der Waals surface area contributed by atoms with Crippen molar-refractivity contribution in [3.63, 3.8) is 0 Å². The highest BCUT2D eigenvalue weighted by Gasteiger charge is 2.62. The van der Waals surface area contributed by atoms with Gasteiger partial charge in [0.25, 0.3) is 11.8 Å². The number of benzene rings is 1. The first-order valence-electron chi connectivity index (χ1n) is 19.3. The second-order valence-electron chi connectivity index (χ2n) is 16.4. The van der Waals surface area contributed by atoms with E-state index in [4.69, 9.17) is 4.74 Å². The van der Waals surface area contributed by atoms with Crippen molar-refractivity contribution in [1.82, 2.24) is 30.1 Å². The molecule has 0 unspecified atom stereocenters. The van der Waals surface area contributed by atoms with Crippen molar-refractivity contribution >= 4 is 39.7 Å². The van der Waals surface area contributed by atoms with E-state index in [2.05, 4.69) is 20.3 Å². The van der Waals surface area contributed by atoms with E-state index < -0.39 is 85.9 Å². The zero-order chi connectivity index (χ0) is 40.4. The Morgan fingerprint density at radius 2 is 1.82 bits per heavy atom. The Balaban J connectivity index is 1.25. The molecule has 4 aliphatic rings. The van der Waals surface area contributed by atoms with Gasteiger partial charge < -0.3 is 25.2 Å². The molecule has 1 saturated heterocycles. The number of aromatic nitrogens is 1. The number of sulfonamides is 1. The molecule has 6 rings (SSSR count). The lowest BCUT2D eigenvalue weighted by Gasteiger charge is -2.30. The summed E-state index contributed by atoms with van der Waals surface area (Å²) in [7, 11) is -2.33. The second kappa shape index (κ2) is 16.3. The van der Waals surface area contributed by atoms with Gasteiger partial charge in [0.05, 0.1) is 10.9 Å². The minimum absolute atomic E-state index is 0.0520. The van der Waals surface area contributed by atoms with Crippen LogP contribution in [0.25, 0.3) is 11.3 Å². The molecule has 5 atom stereocenters. The molecule has 3 heterocycles. The first kappa shape index (κ1) is 40.8. The highest BCUT2D eigenvalue weighted by atomic mass is 32.2. The van der Waals surface area contributed by atoms with Gasteiger partial charge in [0, 0.05) is 31.6 Å². The van der Waals surface area contributed by atoms with Gasteiger partial charge in [-0.3, -0.25) is 23.9 Å². The van der Waals surface area contributed by atoms with Gasteiger partial charge in [0.15, 0.2) is 0 Å². The quantitative estimate of drug-likeness (QED) is 0.332. The van der Waals surface area contributed by atoms with Crippen LogP contribution in [0.3, 0.4) is 0 Å². The molecule has 16 heteroatoms. The largest absolute Gasteiger partial charge is 0.444 e. The number of carbonyl (C=O) groups excluding carboxylic acids is 5. The summed E-state index contributed by atoms with van der Waals surface area (Å²) >= 11 is 0. The summed E-state index contributed by atoms with van der Waals surface area (Å²) in [6, 6.07) is 8.65. The molecule has 302 valence electrons. The average molecular weight is 795 g/mol. The van der Waals surface area contributed by atoms with Gasteiger partial charge in [-0.1, -0.05) is 43.2 Å². The van der Waals surface area contributed by atoms with Crippen LogP contribution in [-0.2, 0) is 29.1 Å². The number of pyridine rings is 1. The third kappa shape index (κ3) is 9.74. The van der Waals surface area contributed by atoms with Gasteiger partial charge in [0.1, 0.15) is 34.7 Å². The first-order valence-corrected chi connectivity index (χ1v) is 20.8. The van der Waals surface area contributed by atoms with E-state index >= 15 is 0 Å². The third-order valence-electron chi connectivity index (χ3n) is 10.6. The van der Waals surface area contributed by atoms with Crippen molar-refractivity contribution in [2.24, 2.45) is 11.8 Å². The summed E-state index contributed by atoms with van der Waals surface area (Å²) in [6.07, 6.45) is 7.27. The summed E-state index contributed by atoms with van der Waals surface area (Å²) < 4.78 is 47.3. The van der Waals surface area contributed by atoms with E-state index in [-0.39, 0.29) is 38.0 Å². The van der Waals surface area contributed by atoms with Crippen LogP contribution < -0.4 is 15.4 Å². The highest BCUT2D eigenvalue weighted by Crippen LogP contribution is 2.46. The Morgan fingerprint density at radius 1 is 1.07 bits per heavy atom.